The average molecular weight is 307 g/mol. The van der Waals surface area contributed by atoms with Gasteiger partial charge in [0.1, 0.15) is 30.0 Å². The number of benzene rings is 2. The molecule has 0 fully saturated rings. The lowest BCUT2D eigenvalue weighted by Crippen LogP contribution is -2.22. The first-order valence-corrected chi connectivity index (χ1v) is 6.86. The SMILES string of the molecule is O=Cc1cc(Cl)ccc1OCC1Cc2cc(F)ccc2O1. The van der Waals surface area contributed by atoms with Gasteiger partial charge in [0.15, 0.2) is 6.29 Å². The zero-order chi connectivity index (χ0) is 14.8. The average Bonchev–Trinajstić information content (AvgIpc) is 2.87. The molecule has 0 saturated carbocycles. The molecule has 2 aromatic carbocycles. The van der Waals surface area contributed by atoms with Gasteiger partial charge in [-0.15, -0.1) is 0 Å². The number of rotatable bonds is 4. The molecule has 3 nitrogen and oxygen atoms in total. The van der Waals surface area contributed by atoms with Crippen LogP contribution in [0.4, 0.5) is 4.39 Å². The van der Waals surface area contributed by atoms with Crippen LogP contribution in [0.5, 0.6) is 11.5 Å². The van der Waals surface area contributed by atoms with Crippen LogP contribution in [0.2, 0.25) is 5.02 Å². The van der Waals surface area contributed by atoms with Crippen LogP contribution in [0.3, 0.4) is 0 Å². The zero-order valence-corrected chi connectivity index (χ0v) is 11.8. The highest BCUT2D eigenvalue weighted by molar-refractivity contribution is 6.30. The van der Waals surface area contributed by atoms with E-state index >= 15 is 0 Å². The quantitative estimate of drug-likeness (QED) is 0.808. The molecule has 3 rings (SSSR count). The Morgan fingerprint density at radius 3 is 3.00 bits per heavy atom. The number of aldehydes is 1. The van der Waals surface area contributed by atoms with Gasteiger partial charge < -0.3 is 9.47 Å². The van der Waals surface area contributed by atoms with Gasteiger partial charge in [0.2, 0.25) is 0 Å². The molecule has 0 N–H and O–H groups in total. The monoisotopic (exact) mass is 306 g/mol. The van der Waals surface area contributed by atoms with Crippen molar-refractivity contribution in [1.82, 2.24) is 0 Å². The Kier molecular flexibility index (Phi) is 3.80. The van der Waals surface area contributed by atoms with Crippen LogP contribution in [-0.2, 0) is 6.42 Å². The number of hydrogen-bond donors (Lipinski definition) is 0. The summed E-state index contributed by atoms with van der Waals surface area (Å²) in [4.78, 5) is 11.0. The Balaban J connectivity index is 1.66. The van der Waals surface area contributed by atoms with Crippen molar-refractivity contribution in [1.29, 1.82) is 0 Å². The first kappa shape index (κ1) is 13.9. The van der Waals surface area contributed by atoms with Gasteiger partial charge in [0.25, 0.3) is 0 Å². The standard InChI is InChI=1S/C16H12ClFO3/c17-12-1-3-15(11(5-12)8-19)20-9-14-7-10-6-13(18)2-4-16(10)21-14/h1-6,8,14H,7,9H2. The van der Waals surface area contributed by atoms with E-state index in [4.69, 9.17) is 21.1 Å². The van der Waals surface area contributed by atoms with Crippen LogP contribution in [0, 0.1) is 5.82 Å². The summed E-state index contributed by atoms with van der Waals surface area (Å²) in [5, 5.41) is 0.476. The first-order chi connectivity index (χ1) is 10.2. The fourth-order valence-electron chi connectivity index (χ4n) is 2.31. The topological polar surface area (TPSA) is 35.5 Å². The van der Waals surface area contributed by atoms with Crippen molar-refractivity contribution in [3.8, 4) is 11.5 Å². The minimum absolute atomic E-state index is 0.197. The van der Waals surface area contributed by atoms with Crippen molar-refractivity contribution in [2.24, 2.45) is 0 Å². The molecule has 1 heterocycles. The highest BCUT2D eigenvalue weighted by atomic mass is 35.5. The zero-order valence-electron chi connectivity index (χ0n) is 11.0. The highest BCUT2D eigenvalue weighted by Gasteiger charge is 2.24. The van der Waals surface area contributed by atoms with Crippen molar-refractivity contribution in [3.05, 3.63) is 58.4 Å². The molecule has 1 aliphatic rings. The Morgan fingerprint density at radius 1 is 1.33 bits per heavy atom. The predicted molar refractivity (Wildman–Crippen MR) is 76.9 cm³/mol. The predicted octanol–water partition coefficient (Wildman–Crippen LogP) is 3.67. The number of carbonyl (C=O) groups excluding carboxylic acids is 1. The first-order valence-electron chi connectivity index (χ1n) is 6.48. The van der Waals surface area contributed by atoms with Crippen molar-refractivity contribution in [2.75, 3.05) is 6.61 Å². The van der Waals surface area contributed by atoms with Gasteiger partial charge in [-0.05, 0) is 36.4 Å². The summed E-state index contributed by atoms with van der Waals surface area (Å²) in [5.41, 5.74) is 1.22. The summed E-state index contributed by atoms with van der Waals surface area (Å²) < 4.78 is 24.4. The van der Waals surface area contributed by atoms with Crippen molar-refractivity contribution < 1.29 is 18.7 Å². The van der Waals surface area contributed by atoms with Crippen LogP contribution in [-0.4, -0.2) is 19.0 Å². The van der Waals surface area contributed by atoms with E-state index in [1.165, 1.54) is 12.1 Å². The summed E-state index contributed by atoms with van der Waals surface area (Å²) in [6.45, 7) is 0.277. The number of carbonyl (C=O) groups is 1. The maximum atomic E-state index is 13.1. The lowest BCUT2D eigenvalue weighted by molar-refractivity contribution is 0.111. The van der Waals surface area contributed by atoms with E-state index < -0.39 is 0 Å². The second-order valence-corrected chi connectivity index (χ2v) is 5.24. The molecule has 108 valence electrons. The third-order valence-corrected chi connectivity index (χ3v) is 3.52. The lowest BCUT2D eigenvalue weighted by atomic mass is 10.1. The van der Waals surface area contributed by atoms with Gasteiger partial charge in [0.05, 0.1) is 5.56 Å². The summed E-state index contributed by atoms with van der Waals surface area (Å²) in [6.07, 6.45) is 1.08. The van der Waals surface area contributed by atoms with E-state index in [2.05, 4.69) is 0 Å². The molecule has 0 radical (unpaired) electrons. The molecule has 5 heteroatoms. The highest BCUT2D eigenvalue weighted by Crippen LogP contribution is 2.30. The largest absolute Gasteiger partial charge is 0.489 e. The fourth-order valence-corrected chi connectivity index (χ4v) is 2.49. The second kappa shape index (κ2) is 5.74. The Bertz CT molecular complexity index is 687. The summed E-state index contributed by atoms with van der Waals surface area (Å²) in [6, 6.07) is 9.30. The molecular formula is C16H12ClFO3. The molecule has 21 heavy (non-hydrogen) atoms. The van der Waals surface area contributed by atoms with Gasteiger partial charge in [-0.25, -0.2) is 4.39 Å². The van der Waals surface area contributed by atoms with Crippen LogP contribution >= 0.6 is 11.6 Å². The van der Waals surface area contributed by atoms with E-state index in [-0.39, 0.29) is 18.5 Å². The van der Waals surface area contributed by atoms with Crippen LogP contribution < -0.4 is 9.47 Å². The van der Waals surface area contributed by atoms with E-state index in [1.807, 2.05) is 0 Å². The number of halogens is 2. The van der Waals surface area contributed by atoms with Crippen molar-refractivity contribution >= 4 is 17.9 Å². The van der Waals surface area contributed by atoms with Gasteiger partial charge in [-0.3, -0.25) is 4.79 Å². The van der Waals surface area contributed by atoms with Crippen LogP contribution in [0.15, 0.2) is 36.4 Å². The van der Waals surface area contributed by atoms with Crippen molar-refractivity contribution in [3.63, 3.8) is 0 Å². The molecule has 2 aromatic rings. The van der Waals surface area contributed by atoms with E-state index in [9.17, 15) is 9.18 Å². The summed E-state index contributed by atoms with van der Waals surface area (Å²) in [5.74, 6) is 0.858. The third-order valence-electron chi connectivity index (χ3n) is 3.29. The summed E-state index contributed by atoms with van der Waals surface area (Å²) >= 11 is 5.82. The Hall–Kier alpha value is -2.07. The van der Waals surface area contributed by atoms with E-state index in [0.717, 1.165) is 5.56 Å². The molecule has 0 bridgehead atoms. The van der Waals surface area contributed by atoms with Gasteiger partial charge in [0, 0.05) is 17.0 Å². The molecule has 0 spiro atoms. The Labute approximate surface area is 126 Å². The number of fused-ring (bicyclic) bond motifs is 1. The molecule has 1 unspecified atom stereocenters. The molecule has 1 aliphatic heterocycles. The molecule has 1 atom stereocenters. The molecule has 0 aromatic heterocycles. The Morgan fingerprint density at radius 2 is 2.19 bits per heavy atom. The van der Waals surface area contributed by atoms with Gasteiger partial charge in [-0.2, -0.15) is 0 Å². The number of hydrogen-bond acceptors (Lipinski definition) is 3. The molecule has 0 aliphatic carbocycles. The molecular weight excluding hydrogens is 295 g/mol. The number of ether oxygens (including phenoxy) is 2. The minimum Gasteiger partial charge on any atom is -0.489 e. The second-order valence-electron chi connectivity index (χ2n) is 4.81. The summed E-state index contributed by atoms with van der Waals surface area (Å²) in [7, 11) is 0. The normalized spacial score (nSPS) is 16.2. The lowest BCUT2D eigenvalue weighted by Gasteiger charge is -2.13. The van der Waals surface area contributed by atoms with E-state index in [1.54, 1.807) is 24.3 Å². The molecule has 0 amide bonds. The van der Waals surface area contributed by atoms with Crippen LogP contribution in [0.1, 0.15) is 15.9 Å². The smallest absolute Gasteiger partial charge is 0.153 e. The van der Waals surface area contributed by atoms with E-state index in [0.29, 0.717) is 34.8 Å². The van der Waals surface area contributed by atoms with Gasteiger partial charge >= 0.3 is 0 Å². The van der Waals surface area contributed by atoms with Crippen molar-refractivity contribution in [2.45, 2.75) is 12.5 Å². The minimum atomic E-state index is -0.278. The van der Waals surface area contributed by atoms with Crippen LogP contribution in [0.25, 0.3) is 0 Å². The maximum absolute atomic E-state index is 13.1. The maximum Gasteiger partial charge on any atom is 0.153 e. The third kappa shape index (κ3) is 3.00. The fraction of sp³-hybridized carbons (Fsp3) is 0.188. The molecule has 0 saturated heterocycles. The van der Waals surface area contributed by atoms with Gasteiger partial charge in [-0.1, -0.05) is 11.6 Å².